The van der Waals surface area contributed by atoms with Crippen molar-refractivity contribution in [3.8, 4) is 0 Å². The van der Waals surface area contributed by atoms with Gasteiger partial charge in [0, 0.05) is 137 Å². The van der Waals surface area contributed by atoms with Gasteiger partial charge < -0.3 is 215 Å². The second-order valence-corrected chi connectivity index (χ2v) is 25.3. The summed E-state index contributed by atoms with van der Waals surface area (Å²) < 4.78 is 88.1. The van der Waals surface area contributed by atoms with Gasteiger partial charge in [-0.2, -0.15) is 0 Å². The lowest BCUT2D eigenvalue weighted by atomic mass is 9.94. The molecule has 0 radical (unpaired) electrons. The van der Waals surface area contributed by atoms with E-state index in [1.807, 2.05) is 0 Å². The third-order valence-corrected chi connectivity index (χ3v) is 18.2. The number of rotatable bonds is 28. The highest BCUT2D eigenvalue weighted by Gasteiger charge is 2.60. The van der Waals surface area contributed by atoms with E-state index in [2.05, 4.69) is 37.2 Å². The van der Waals surface area contributed by atoms with Crippen LogP contribution >= 0.6 is 0 Å². The van der Waals surface area contributed by atoms with Crippen molar-refractivity contribution in [3.63, 3.8) is 0 Å². The third-order valence-electron chi connectivity index (χ3n) is 18.2. The van der Waals surface area contributed by atoms with E-state index in [-0.39, 0.29) is 137 Å². The van der Waals surface area contributed by atoms with E-state index in [0.717, 1.165) is 0 Å². The van der Waals surface area contributed by atoms with Gasteiger partial charge in [0.1, 0.15) is 171 Å². The minimum absolute atomic E-state index is 0.118. The molecule has 42 nitrogen and oxygen atoms in total. The molecule has 0 aromatic carbocycles. The van der Waals surface area contributed by atoms with Crippen molar-refractivity contribution < 1.29 is 138 Å². The van der Waals surface area contributed by atoms with Gasteiger partial charge in [-0.15, -0.1) is 0 Å². The van der Waals surface area contributed by atoms with Crippen LogP contribution in [-0.2, 0) is 66.3 Å². The summed E-state index contributed by atoms with van der Waals surface area (Å²) in [6, 6.07) is 0. The van der Waals surface area contributed by atoms with Crippen molar-refractivity contribution >= 4 is 0 Å². The molecule has 0 unspecified atom stereocenters. The number of nitrogens with one attached hydrogen (secondary N) is 7. The first-order valence-electron chi connectivity index (χ1n) is 33.7. The molecule has 42 heteroatoms. The summed E-state index contributed by atoms with van der Waals surface area (Å²) in [4.78, 5) is 0. The molecule has 35 N–H and O–H groups in total. The Labute approximate surface area is 566 Å². The van der Waals surface area contributed by atoms with Crippen LogP contribution in [0.4, 0.5) is 0 Å². The maximum Gasteiger partial charge on any atom is 0.187 e. The van der Waals surface area contributed by atoms with E-state index < -0.39 is 215 Å². The first-order valence-corrected chi connectivity index (χ1v) is 33.7. The van der Waals surface area contributed by atoms with Crippen molar-refractivity contribution in [1.29, 1.82) is 0 Å². The topological polar surface area (TPSA) is 679 Å². The molecule has 21 aliphatic heterocycles. The molecule has 14 bridgehead atoms. The molecule has 0 saturated carbocycles. The molecule has 98 heavy (non-hydrogen) atoms. The van der Waals surface area contributed by atoms with E-state index in [1.165, 1.54) is 0 Å². The lowest BCUT2D eigenvalue weighted by Crippen LogP contribution is -2.69. The van der Waals surface area contributed by atoms with E-state index in [9.17, 15) is 71.5 Å². The summed E-state index contributed by atoms with van der Waals surface area (Å²) in [5.41, 5.74) is 40.8. The number of nitrogens with two attached hydrogens (primary N) is 7. The van der Waals surface area contributed by atoms with E-state index in [1.54, 1.807) is 0 Å². The quantitative estimate of drug-likeness (QED) is 0.0324. The Bertz CT molecular complexity index is 1840. The molecule has 0 aromatic rings. The Morgan fingerprint density at radius 1 is 0.173 bits per heavy atom. The fourth-order valence-corrected chi connectivity index (χ4v) is 13.0. The van der Waals surface area contributed by atoms with Crippen molar-refractivity contribution in [3.05, 3.63) is 0 Å². The first kappa shape index (κ1) is 82.0. The summed E-state index contributed by atoms with van der Waals surface area (Å²) >= 11 is 0. The smallest absolute Gasteiger partial charge is 0.187 e. The zero-order valence-electron chi connectivity index (χ0n) is 54.6. The summed E-state index contributed by atoms with van der Waals surface area (Å²) in [5.74, 6) is 0. The highest BCUT2D eigenvalue weighted by Crippen LogP contribution is 2.39. The Balaban J connectivity index is 1.17. The molecule has 21 rings (SSSR count). The highest BCUT2D eigenvalue weighted by molar-refractivity contribution is 5.03. The SMILES string of the molecule is NCCNC[C@@H]1O[C@H]2O[C@H]3[C@H](O)[C@@H](O)[C@H](O[C@H]4[C@H](O)[C@@H](O)[C@H](O[C@H]5[C@H](O)[C@@H](O)[C@H](O[C@H]6[C@H](O)[C@@H](O)[C@H](O[C@H]7[C@H](O)[C@@H](O)[C@H](O[C@H]8[C@H](O)[C@@H](O)[C@H](O[C@H]1[C@H](O)[C@H]2O)O[C@H]8CNCCN)O[C@H]7CNCCN)O[C@H]6CNCCN)O[C@H]5CNCCN)O[C@H]4CNCCN)O[C@H]3CNCCN. The van der Waals surface area contributed by atoms with Crippen LogP contribution in [0.3, 0.4) is 0 Å². The van der Waals surface area contributed by atoms with Crippen LogP contribution in [0.15, 0.2) is 0 Å². The van der Waals surface area contributed by atoms with Crippen molar-refractivity contribution in [2.45, 2.75) is 215 Å². The molecule has 35 atom stereocenters. The van der Waals surface area contributed by atoms with Gasteiger partial charge in [-0.3, -0.25) is 0 Å². The number of hydrogen-bond donors (Lipinski definition) is 28. The normalized spacial score (nSPS) is 46.1. The Hall–Kier alpha value is -1.68. The fourth-order valence-electron chi connectivity index (χ4n) is 13.0. The predicted molar refractivity (Wildman–Crippen MR) is 332 cm³/mol. The maximum atomic E-state index is 12.1. The second-order valence-electron chi connectivity index (χ2n) is 25.3. The molecule has 21 heterocycles. The van der Waals surface area contributed by atoms with E-state index in [4.69, 9.17) is 106 Å². The predicted octanol–water partition coefficient (Wildman–Crippen LogP) is -18.3. The maximum absolute atomic E-state index is 12.1. The average molecular weight is 1430 g/mol. The molecule has 0 aliphatic carbocycles. The van der Waals surface area contributed by atoms with Crippen molar-refractivity contribution in [2.24, 2.45) is 40.1 Å². The Kier molecular flexibility index (Phi) is 33.6. The van der Waals surface area contributed by atoms with Gasteiger partial charge in [-0.1, -0.05) is 0 Å². The third kappa shape index (κ3) is 20.3. The zero-order chi connectivity index (χ0) is 70.9. The molecule has 21 saturated heterocycles. The minimum Gasteiger partial charge on any atom is -0.387 e. The van der Waals surface area contributed by atoms with Crippen LogP contribution in [0.2, 0.25) is 0 Å². The molecule has 0 amide bonds. The van der Waals surface area contributed by atoms with Gasteiger partial charge >= 0.3 is 0 Å². The molecule has 21 fully saturated rings. The summed E-state index contributed by atoms with van der Waals surface area (Å²) in [7, 11) is 0. The molecule has 574 valence electrons. The van der Waals surface area contributed by atoms with Gasteiger partial charge in [0.2, 0.25) is 0 Å². The lowest BCUT2D eigenvalue weighted by Gasteiger charge is -2.50. The van der Waals surface area contributed by atoms with E-state index >= 15 is 0 Å². The lowest BCUT2D eigenvalue weighted by molar-refractivity contribution is -0.392. The number of hydrogen-bond acceptors (Lipinski definition) is 42. The molecule has 0 aromatic heterocycles. The van der Waals surface area contributed by atoms with Crippen molar-refractivity contribution in [1.82, 2.24) is 37.2 Å². The largest absolute Gasteiger partial charge is 0.387 e. The summed E-state index contributed by atoms with van der Waals surface area (Å²) in [6.07, 6.45) is -62.3. The van der Waals surface area contributed by atoms with E-state index in [0.29, 0.717) is 0 Å². The zero-order valence-corrected chi connectivity index (χ0v) is 54.6. The van der Waals surface area contributed by atoms with Crippen LogP contribution in [0.1, 0.15) is 0 Å². The molecular formula is C56H112N14O28. The number of aliphatic hydroxyl groups is 14. The number of aliphatic hydroxyl groups excluding tert-OH is 14. The van der Waals surface area contributed by atoms with Crippen LogP contribution in [0, 0.1) is 0 Å². The number of ether oxygens (including phenoxy) is 14. The monoisotopic (exact) mass is 1430 g/mol. The van der Waals surface area contributed by atoms with Gasteiger partial charge in [0.05, 0.1) is 0 Å². The minimum atomic E-state index is -2.06. The average Bonchev–Trinajstić information content (AvgIpc) is 0.779. The Morgan fingerprint density at radius 3 is 0.388 bits per heavy atom. The molecular weight excluding hydrogens is 1320 g/mol. The second kappa shape index (κ2) is 40.2. The van der Waals surface area contributed by atoms with Crippen LogP contribution < -0.4 is 77.4 Å². The van der Waals surface area contributed by atoms with Crippen LogP contribution in [0.5, 0.6) is 0 Å². The molecule has 0 spiro atoms. The summed E-state index contributed by atoms with van der Waals surface area (Å²) in [5, 5.41) is 189. The van der Waals surface area contributed by atoms with Crippen LogP contribution in [0.25, 0.3) is 0 Å². The summed E-state index contributed by atoms with van der Waals surface area (Å²) in [6.45, 7) is 0.738. The fraction of sp³-hybridized carbons (Fsp3) is 1.00. The van der Waals surface area contributed by atoms with Gasteiger partial charge in [0.15, 0.2) is 44.0 Å². The molecule has 21 aliphatic rings. The highest BCUT2D eigenvalue weighted by atomic mass is 16.8. The van der Waals surface area contributed by atoms with Gasteiger partial charge in [-0.25, -0.2) is 0 Å². The Morgan fingerprint density at radius 2 is 0.286 bits per heavy atom. The first-order chi connectivity index (χ1) is 47.2. The van der Waals surface area contributed by atoms with Gasteiger partial charge in [-0.05, 0) is 0 Å². The van der Waals surface area contributed by atoms with Crippen LogP contribution in [-0.4, -0.2) is 424 Å². The standard InChI is InChI=1S/C56H112N14O28/c57-1-8-64-15-22-43-29(71)36(78)50(85-22)93-44-23(16-65-9-2-58)87-52(38(80)31(44)73)95-46-25(18-67-11-4-60)89-54(40(82)33(46)75)97-48-27(20-69-13-6-62)91-56(42(84)35(48)77)98-49-28(21-70-14-7-63)90-55(41(83)34(49)76)96-47-26(19-68-12-5-61)88-53(39(81)32(47)74)94-45-24(17-66-10-3-59)86-51(92-43)37(79)30(45)72/h22-56,64-84H,1-21,57-63H2/t22-,23-,24-,25-,26-,27-,28-,29+,30+,31+,32+,33+,34+,35+,36+,37+,38+,39+,40+,41+,42+,43+,44+,45+,46+,47+,48+,49+,50-,51-,52-,53-,54-,55-,56-/m0/s1. The van der Waals surface area contributed by atoms with Gasteiger partial charge in [0.25, 0.3) is 0 Å². The van der Waals surface area contributed by atoms with Crippen molar-refractivity contribution in [2.75, 3.05) is 137 Å².